The van der Waals surface area contributed by atoms with Gasteiger partial charge in [-0.15, -0.1) is 11.3 Å². The van der Waals surface area contributed by atoms with Gasteiger partial charge in [0.05, 0.1) is 11.6 Å². The van der Waals surface area contributed by atoms with Gasteiger partial charge in [-0.25, -0.2) is 13.1 Å². The number of nitrogens with one attached hydrogen (secondary N) is 2. The highest BCUT2D eigenvalue weighted by Crippen LogP contribution is 2.42. The van der Waals surface area contributed by atoms with E-state index in [4.69, 9.17) is 23.2 Å². The molecule has 1 aliphatic carbocycles. The average Bonchev–Trinajstić information content (AvgIpc) is 3.32. The second kappa shape index (κ2) is 8.49. The third-order valence-corrected chi connectivity index (χ3v) is 8.07. The van der Waals surface area contributed by atoms with E-state index in [0.717, 1.165) is 25.7 Å². The van der Waals surface area contributed by atoms with Crippen LogP contribution in [0.25, 0.3) is 0 Å². The second-order valence-corrected chi connectivity index (χ2v) is 10.2. The summed E-state index contributed by atoms with van der Waals surface area (Å²) < 4.78 is 27.1. The predicted molar refractivity (Wildman–Crippen MR) is 109 cm³/mol. The highest BCUT2D eigenvalue weighted by atomic mass is 35.5. The van der Waals surface area contributed by atoms with E-state index in [1.54, 1.807) is 11.3 Å². The summed E-state index contributed by atoms with van der Waals surface area (Å²) in [5, 5.41) is 5.23. The summed E-state index contributed by atoms with van der Waals surface area (Å²) in [4.78, 5) is 13.4. The molecule has 1 saturated carbocycles. The van der Waals surface area contributed by atoms with Gasteiger partial charge in [0.15, 0.2) is 0 Å². The molecule has 1 heterocycles. The quantitative estimate of drug-likeness (QED) is 0.675. The van der Waals surface area contributed by atoms with Crippen LogP contribution >= 0.6 is 34.5 Å². The van der Waals surface area contributed by atoms with E-state index < -0.39 is 10.0 Å². The van der Waals surface area contributed by atoms with Crippen molar-refractivity contribution in [2.75, 3.05) is 13.1 Å². The van der Waals surface area contributed by atoms with Crippen molar-refractivity contribution >= 4 is 50.5 Å². The molecular weight excluding hydrogens is 427 g/mol. The molecule has 1 aliphatic rings. The van der Waals surface area contributed by atoms with Crippen molar-refractivity contribution in [3.05, 3.63) is 50.6 Å². The van der Waals surface area contributed by atoms with Crippen molar-refractivity contribution in [1.82, 2.24) is 10.0 Å². The first kappa shape index (κ1) is 20.6. The fourth-order valence-corrected chi connectivity index (χ4v) is 6.12. The number of carbonyl (C=O) groups excluding carboxylic acids is 1. The Balaban J connectivity index is 1.60. The number of benzene rings is 1. The molecule has 0 saturated heterocycles. The predicted octanol–water partition coefficient (Wildman–Crippen LogP) is 3.96. The summed E-state index contributed by atoms with van der Waals surface area (Å²) in [6.07, 6.45) is 4.32. The number of sulfonamides is 1. The van der Waals surface area contributed by atoms with Crippen LogP contribution in [0.3, 0.4) is 0 Å². The van der Waals surface area contributed by atoms with Gasteiger partial charge in [0.1, 0.15) is 4.90 Å². The van der Waals surface area contributed by atoms with E-state index in [1.807, 2.05) is 11.4 Å². The van der Waals surface area contributed by atoms with Crippen LogP contribution in [0.4, 0.5) is 0 Å². The van der Waals surface area contributed by atoms with Crippen LogP contribution < -0.4 is 10.0 Å². The Morgan fingerprint density at radius 2 is 1.93 bits per heavy atom. The first-order valence-corrected chi connectivity index (χ1v) is 11.7. The standard InChI is InChI=1S/C18H20Cl2N2O3S2/c19-13-5-6-14(20)15(10-13)27(24,25)22-11-17(23)21-12-18(7-1-2-8-18)16-4-3-9-26-16/h3-6,9-10,22H,1-2,7-8,11-12H2,(H,21,23). The minimum atomic E-state index is -3.93. The lowest BCUT2D eigenvalue weighted by Crippen LogP contribution is -2.43. The van der Waals surface area contributed by atoms with Crippen LogP contribution in [-0.2, 0) is 20.2 Å². The van der Waals surface area contributed by atoms with Gasteiger partial charge in [-0.2, -0.15) is 0 Å². The average molecular weight is 447 g/mol. The minimum Gasteiger partial charge on any atom is -0.354 e. The van der Waals surface area contributed by atoms with E-state index in [2.05, 4.69) is 16.1 Å². The molecule has 9 heteroatoms. The van der Waals surface area contributed by atoms with Gasteiger partial charge >= 0.3 is 0 Å². The number of thiophene rings is 1. The van der Waals surface area contributed by atoms with Gasteiger partial charge in [-0.1, -0.05) is 42.1 Å². The molecule has 27 heavy (non-hydrogen) atoms. The Morgan fingerprint density at radius 3 is 2.59 bits per heavy atom. The molecule has 3 rings (SSSR count). The summed E-state index contributed by atoms with van der Waals surface area (Å²) in [6.45, 7) is 0.150. The highest BCUT2D eigenvalue weighted by molar-refractivity contribution is 7.89. The Hall–Kier alpha value is -1.12. The molecule has 0 unspecified atom stereocenters. The second-order valence-electron chi connectivity index (χ2n) is 6.64. The van der Waals surface area contributed by atoms with Crippen molar-refractivity contribution in [3.8, 4) is 0 Å². The van der Waals surface area contributed by atoms with E-state index >= 15 is 0 Å². The summed E-state index contributed by atoms with van der Waals surface area (Å²) in [7, 11) is -3.93. The maximum absolute atomic E-state index is 12.4. The number of hydrogen-bond donors (Lipinski definition) is 2. The summed E-state index contributed by atoms with van der Waals surface area (Å²) in [5.41, 5.74) is -0.0427. The number of amides is 1. The number of halogens is 2. The zero-order chi connectivity index (χ0) is 19.5. The van der Waals surface area contributed by atoms with Crippen molar-refractivity contribution in [2.45, 2.75) is 36.0 Å². The Bertz CT molecular complexity index is 909. The smallest absolute Gasteiger partial charge is 0.242 e. The Morgan fingerprint density at radius 1 is 1.19 bits per heavy atom. The number of rotatable bonds is 7. The first-order valence-electron chi connectivity index (χ1n) is 8.58. The molecule has 0 aliphatic heterocycles. The van der Waals surface area contributed by atoms with Gasteiger partial charge in [-0.3, -0.25) is 4.79 Å². The topological polar surface area (TPSA) is 75.3 Å². The molecule has 1 aromatic carbocycles. The molecule has 1 fully saturated rings. The molecule has 2 N–H and O–H groups in total. The van der Waals surface area contributed by atoms with Gasteiger partial charge < -0.3 is 5.32 Å². The molecule has 0 spiro atoms. The molecule has 1 aromatic heterocycles. The molecule has 1 amide bonds. The fourth-order valence-electron chi connectivity index (χ4n) is 3.39. The van der Waals surface area contributed by atoms with E-state index in [9.17, 15) is 13.2 Å². The fraction of sp³-hybridized carbons (Fsp3) is 0.389. The Kier molecular flexibility index (Phi) is 6.48. The van der Waals surface area contributed by atoms with Crippen LogP contribution in [0.15, 0.2) is 40.6 Å². The van der Waals surface area contributed by atoms with Crippen LogP contribution in [-0.4, -0.2) is 27.4 Å². The van der Waals surface area contributed by atoms with Gasteiger partial charge in [0, 0.05) is 21.9 Å². The third-order valence-electron chi connectivity index (χ3n) is 4.83. The molecule has 146 valence electrons. The van der Waals surface area contributed by atoms with Crippen LogP contribution in [0, 0.1) is 0 Å². The maximum Gasteiger partial charge on any atom is 0.242 e. The summed E-state index contributed by atoms with van der Waals surface area (Å²) >= 11 is 13.5. The first-order chi connectivity index (χ1) is 12.8. The molecule has 0 bridgehead atoms. The lowest BCUT2D eigenvalue weighted by atomic mass is 9.84. The van der Waals surface area contributed by atoms with Crippen LogP contribution in [0.5, 0.6) is 0 Å². The van der Waals surface area contributed by atoms with Gasteiger partial charge in [0.2, 0.25) is 15.9 Å². The number of hydrogen-bond acceptors (Lipinski definition) is 4. The van der Waals surface area contributed by atoms with Crippen molar-refractivity contribution < 1.29 is 13.2 Å². The van der Waals surface area contributed by atoms with Crippen molar-refractivity contribution in [1.29, 1.82) is 0 Å². The van der Waals surface area contributed by atoms with Gasteiger partial charge in [0.25, 0.3) is 0 Å². The molecular formula is C18H20Cl2N2O3S2. The lowest BCUT2D eigenvalue weighted by molar-refractivity contribution is -0.120. The number of carbonyl (C=O) groups is 1. The van der Waals surface area contributed by atoms with Gasteiger partial charge in [-0.05, 0) is 42.5 Å². The minimum absolute atomic E-state index is 0.0427. The largest absolute Gasteiger partial charge is 0.354 e. The van der Waals surface area contributed by atoms with Crippen LogP contribution in [0.2, 0.25) is 10.0 Å². The zero-order valence-corrected chi connectivity index (χ0v) is 17.6. The van der Waals surface area contributed by atoms with Crippen LogP contribution in [0.1, 0.15) is 30.6 Å². The SMILES string of the molecule is O=C(CNS(=O)(=O)c1cc(Cl)ccc1Cl)NCC1(c2cccs2)CCCC1. The lowest BCUT2D eigenvalue weighted by Gasteiger charge is -2.28. The van der Waals surface area contributed by atoms with Crippen molar-refractivity contribution in [3.63, 3.8) is 0 Å². The highest BCUT2D eigenvalue weighted by Gasteiger charge is 2.36. The third kappa shape index (κ3) is 4.84. The normalized spacial score (nSPS) is 16.4. The molecule has 0 atom stereocenters. The summed E-state index contributed by atoms with van der Waals surface area (Å²) in [5.74, 6) is -0.375. The summed E-state index contributed by atoms with van der Waals surface area (Å²) in [6, 6.07) is 8.29. The van der Waals surface area contributed by atoms with E-state index in [0.29, 0.717) is 6.54 Å². The van der Waals surface area contributed by atoms with E-state index in [1.165, 1.54) is 23.1 Å². The molecule has 0 radical (unpaired) electrons. The monoisotopic (exact) mass is 446 g/mol. The maximum atomic E-state index is 12.4. The zero-order valence-electron chi connectivity index (χ0n) is 14.5. The van der Waals surface area contributed by atoms with E-state index in [-0.39, 0.29) is 32.8 Å². The molecule has 2 aromatic rings. The van der Waals surface area contributed by atoms with Crippen molar-refractivity contribution in [2.24, 2.45) is 0 Å². The molecule has 5 nitrogen and oxygen atoms in total. The Labute approximate surface area is 173 Å².